The first-order valence-electron chi connectivity index (χ1n) is 7.46. The number of carbonyl (C=O) groups excluding carboxylic acids is 1. The predicted molar refractivity (Wildman–Crippen MR) is 95.3 cm³/mol. The molecule has 3 rings (SSSR count). The van der Waals surface area contributed by atoms with Gasteiger partial charge in [-0.25, -0.2) is 0 Å². The van der Waals surface area contributed by atoms with Crippen LogP contribution in [0.15, 0.2) is 66.7 Å². The Balaban J connectivity index is 1.78. The first kappa shape index (κ1) is 15.3. The lowest BCUT2D eigenvalue weighted by Gasteiger charge is -2.10. The van der Waals surface area contributed by atoms with E-state index in [0.717, 1.165) is 10.4 Å². The highest BCUT2D eigenvalue weighted by atomic mass is 32.1. The Morgan fingerprint density at radius 2 is 1.74 bits per heavy atom. The van der Waals surface area contributed by atoms with E-state index < -0.39 is 0 Å². The molecule has 3 nitrogen and oxygen atoms in total. The van der Waals surface area contributed by atoms with Gasteiger partial charge in [-0.15, -0.1) is 11.3 Å². The lowest BCUT2D eigenvalue weighted by Crippen LogP contribution is -2.11. The molecule has 116 valence electrons. The normalized spacial score (nSPS) is 10.3. The molecular formula is C19H17NO2S. The number of hydrogen-bond donors (Lipinski definition) is 1. The van der Waals surface area contributed by atoms with E-state index in [0.29, 0.717) is 22.9 Å². The van der Waals surface area contributed by atoms with Gasteiger partial charge in [0, 0.05) is 4.88 Å². The third-order valence-corrected chi connectivity index (χ3v) is 4.46. The van der Waals surface area contributed by atoms with E-state index in [9.17, 15) is 4.79 Å². The van der Waals surface area contributed by atoms with Crippen molar-refractivity contribution >= 4 is 22.9 Å². The van der Waals surface area contributed by atoms with Crippen molar-refractivity contribution in [3.8, 4) is 16.2 Å². The Morgan fingerprint density at radius 1 is 1.00 bits per heavy atom. The molecule has 1 amide bonds. The second-order valence-corrected chi connectivity index (χ2v) is 6.00. The molecule has 0 fully saturated rings. The van der Waals surface area contributed by atoms with E-state index in [-0.39, 0.29) is 5.91 Å². The van der Waals surface area contributed by atoms with Crippen molar-refractivity contribution in [3.63, 3.8) is 0 Å². The van der Waals surface area contributed by atoms with Crippen molar-refractivity contribution < 1.29 is 9.53 Å². The van der Waals surface area contributed by atoms with Gasteiger partial charge in [0.1, 0.15) is 5.75 Å². The zero-order valence-corrected chi connectivity index (χ0v) is 13.6. The fraction of sp³-hybridized carbons (Fsp3) is 0.105. The van der Waals surface area contributed by atoms with Crippen LogP contribution in [0.1, 0.15) is 16.6 Å². The quantitative estimate of drug-likeness (QED) is 0.712. The molecule has 0 aliphatic rings. The molecule has 0 spiro atoms. The number of benzene rings is 2. The average molecular weight is 323 g/mol. The summed E-state index contributed by atoms with van der Waals surface area (Å²) in [7, 11) is 0. The molecule has 1 heterocycles. The molecule has 0 saturated heterocycles. The van der Waals surface area contributed by atoms with Crippen molar-refractivity contribution in [2.75, 3.05) is 11.9 Å². The largest absolute Gasteiger partial charge is 0.492 e. The summed E-state index contributed by atoms with van der Waals surface area (Å²) in [6.07, 6.45) is 0. The highest BCUT2D eigenvalue weighted by Crippen LogP contribution is 2.29. The van der Waals surface area contributed by atoms with Crippen LogP contribution in [0, 0.1) is 0 Å². The van der Waals surface area contributed by atoms with Gasteiger partial charge in [-0.1, -0.05) is 42.5 Å². The maximum atomic E-state index is 12.5. The van der Waals surface area contributed by atoms with Crippen LogP contribution in [0.4, 0.5) is 5.69 Å². The zero-order valence-electron chi connectivity index (χ0n) is 12.8. The molecule has 0 bridgehead atoms. The monoisotopic (exact) mass is 323 g/mol. The van der Waals surface area contributed by atoms with Crippen molar-refractivity contribution in [1.29, 1.82) is 0 Å². The summed E-state index contributed by atoms with van der Waals surface area (Å²) < 4.78 is 5.54. The highest BCUT2D eigenvalue weighted by molar-refractivity contribution is 7.17. The van der Waals surface area contributed by atoms with Crippen LogP contribution in [0.5, 0.6) is 5.75 Å². The fourth-order valence-corrected chi connectivity index (χ4v) is 3.16. The SMILES string of the molecule is CCOc1ccccc1NC(=O)c1ccc(-c2ccccc2)s1. The molecule has 0 atom stereocenters. The number of para-hydroxylation sites is 2. The highest BCUT2D eigenvalue weighted by Gasteiger charge is 2.12. The van der Waals surface area contributed by atoms with Gasteiger partial charge in [0.05, 0.1) is 17.2 Å². The molecule has 0 saturated carbocycles. The maximum absolute atomic E-state index is 12.5. The lowest BCUT2D eigenvalue weighted by molar-refractivity contribution is 0.103. The van der Waals surface area contributed by atoms with E-state index in [1.807, 2.05) is 73.7 Å². The number of carbonyl (C=O) groups is 1. The molecule has 3 aromatic rings. The average Bonchev–Trinajstić information content (AvgIpc) is 3.08. The van der Waals surface area contributed by atoms with Gasteiger partial charge in [0.25, 0.3) is 5.91 Å². The number of hydrogen-bond acceptors (Lipinski definition) is 3. The Hall–Kier alpha value is -2.59. The first-order valence-corrected chi connectivity index (χ1v) is 8.28. The van der Waals surface area contributed by atoms with Crippen LogP contribution >= 0.6 is 11.3 Å². The summed E-state index contributed by atoms with van der Waals surface area (Å²) in [6, 6.07) is 21.3. The number of ether oxygens (including phenoxy) is 1. The predicted octanol–water partition coefficient (Wildman–Crippen LogP) is 5.07. The summed E-state index contributed by atoms with van der Waals surface area (Å²) in [4.78, 5) is 14.2. The molecule has 4 heteroatoms. The summed E-state index contributed by atoms with van der Waals surface area (Å²) in [6.45, 7) is 2.48. The van der Waals surface area contributed by atoms with Crippen molar-refractivity contribution in [1.82, 2.24) is 0 Å². The molecule has 0 unspecified atom stereocenters. The Bertz CT molecular complexity index is 796. The zero-order chi connectivity index (χ0) is 16.1. The molecule has 2 aromatic carbocycles. The first-order chi connectivity index (χ1) is 11.3. The number of thiophene rings is 1. The molecule has 0 aliphatic carbocycles. The van der Waals surface area contributed by atoms with Gasteiger partial charge in [0.15, 0.2) is 0 Å². The van der Waals surface area contributed by atoms with Gasteiger partial charge in [-0.2, -0.15) is 0 Å². The van der Waals surface area contributed by atoms with Crippen LogP contribution in [-0.4, -0.2) is 12.5 Å². The minimum Gasteiger partial charge on any atom is -0.492 e. The fourth-order valence-electron chi connectivity index (χ4n) is 2.25. The molecule has 1 N–H and O–H groups in total. The number of rotatable bonds is 5. The van der Waals surface area contributed by atoms with Crippen LogP contribution in [0.3, 0.4) is 0 Å². The van der Waals surface area contributed by atoms with Gasteiger partial charge < -0.3 is 10.1 Å². The van der Waals surface area contributed by atoms with Gasteiger partial charge in [-0.3, -0.25) is 4.79 Å². The third-order valence-electron chi connectivity index (χ3n) is 3.32. The summed E-state index contributed by atoms with van der Waals surface area (Å²) in [5, 5.41) is 2.92. The minimum atomic E-state index is -0.121. The minimum absolute atomic E-state index is 0.121. The summed E-state index contributed by atoms with van der Waals surface area (Å²) in [5.41, 5.74) is 1.81. The third kappa shape index (κ3) is 3.60. The van der Waals surface area contributed by atoms with E-state index in [1.165, 1.54) is 11.3 Å². The molecule has 1 aromatic heterocycles. The van der Waals surface area contributed by atoms with Crippen molar-refractivity contribution in [2.45, 2.75) is 6.92 Å². The maximum Gasteiger partial charge on any atom is 0.265 e. The second kappa shape index (κ2) is 7.11. The number of amides is 1. The molecular weight excluding hydrogens is 306 g/mol. The topological polar surface area (TPSA) is 38.3 Å². The number of nitrogens with one attached hydrogen (secondary N) is 1. The lowest BCUT2D eigenvalue weighted by atomic mass is 10.2. The standard InChI is InChI=1S/C19H17NO2S/c1-2-22-16-11-7-6-10-15(16)20-19(21)18-13-12-17(23-18)14-8-4-3-5-9-14/h3-13H,2H2,1H3,(H,20,21). The van der Waals surface area contributed by atoms with Gasteiger partial charge in [-0.05, 0) is 36.8 Å². The van der Waals surface area contributed by atoms with Crippen LogP contribution in [0.2, 0.25) is 0 Å². The van der Waals surface area contributed by atoms with Crippen molar-refractivity contribution in [3.05, 3.63) is 71.6 Å². The second-order valence-electron chi connectivity index (χ2n) is 4.91. The molecule has 23 heavy (non-hydrogen) atoms. The van der Waals surface area contributed by atoms with E-state index >= 15 is 0 Å². The molecule has 0 radical (unpaired) electrons. The van der Waals surface area contributed by atoms with E-state index in [1.54, 1.807) is 0 Å². The van der Waals surface area contributed by atoms with Crippen LogP contribution < -0.4 is 10.1 Å². The van der Waals surface area contributed by atoms with E-state index in [4.69, 9.17) is 4.74 Å². The molecule has 0 aliphatic heterocycles. The van der Waals surface area contributed by atoms with Crippen LogP contribution in [-0.2, 0) is 0 Å². The van der Waals surface area contributed by atoms with Crippen molar-refractivity contribution in [2.24, 2.45) is 0 Å². The Kier molecular flexibility index (Phi) is 4.74. The van der Waals surface area contributed by atoms with E-state index in [2.05, 4.69) is 5.32 Å². The van der Waals surface area contributed by atoms with Gasteiger partial charge >= 0.3 is 0 Å². The van der Waals surface area contributed by atoms with Gasteiger partial charge in [0.2, 0.25) is 0 Å². The van der Waals surface area contributed by atoms with Crippen LogP contribution in [0.25, 0.3) is 10.4 Å². The number of anilines is 1. The summed E-state index contributed by atoms with van der Waals surface area (Å²) >= 11 is 1.48. The Labute approximate surface area is 139 Å². The Morgan fingerprint density at radius 3 is 2.52 bits per heavy atom. The summed E-state index contributed by atoms with van der Waals surface area (Å²) in [5.74, 6) is 0.563. The smallest absolute Gasteiger partial charge is 0.265 e.